The molecular weight excluding hydrogens is 224 g/mol. The molecule has 0 aliphatic rings. The highest BCUT2D eigenvalue weighted by molar-refractivity contribution is 5.28. The molecule has 0 amide bonds. The van der Waals surface area contributed by atoms with Crippen molar-refractivity contribution in [1.82, 2.24) is 0 Å². The summed E-state index contributed by atoms with van der Waals surface area (Å²) in [7, 11) is 1.43. The molecule has 0 saturated heterocycles. The Bertz CT molecular complexity index is 350. The van der Waals surface area contributed by atoms with Gasteiger partial charge in [-0.2, -0.15) is 0 Å². The fourth-order valence-electron chi connectivity index (χ4n) is 1.91. The fourth-order valence-corrected chi connectivity index (χ4v) is 1.91. The van der Waals surface area contributed by atoms with Gasteiger partial charge in [-0.3, -0.25) is 0 Å². The van der Waals surface area contributed by atoms with Gasteiger partial charge in [0.15, 0.2) is 5.67 Å². The predicted octanol–water partition coefficient (Wildman–Crippen LogP) is 2.68. The summed E-state index contributed by atoms with van der Waals surface area (Å²) in [5.74, 6) is -0.425. The van der Waals surface area contributed by atoms with Gasteiger partial charge >= 0.3 is 0 Å². The predicted molar refractivity (Wildman–Crippen MR) is 64.1 cm³/mol. The topological polar surface area (TPSA) is 35.2 Å². The van der Waals surface area contributed by atoms with Crippen molar-refractivity contribution in [2.45, 2.75) is 25.4 Å². The summed E-state index contributed by atoms with van der Waals surface area (Å²) in [6.45, 7) is 2.06. The lowest BCUT2D eigenvalue weighted by molar-refractivity contribution is 0.0301. The number of aryl methyl sites for hydroxylation is 1. The summed E-state index contributed by atoms with van der Waals surface area (Å²) >= 11 is 0. The molecule has 0 aliphatic heterocycles. The molecule has 17 heavy (non-hydrogen) atoms. The minimum Gasteiger partial charge on any atom is -0.381 e. The molecule has 1 unspecified atom stereocenters. The molecular formula is C13H19F2NO. The Morgan fingerprint density at radius 3 is 2.59 bits per heavy atom. The van der Waals surface area contributed by atoms with Gasteiger partial charge in [0.2, 0.25) is 0 Å². The Hall–Kier alpha value is -1.00. The van der Waals surface area contributed by atoms with Gasteiger partial charge in [-0.05, 0) is 49.6 Å². The van der Waals surface area contributed by atoms with Gasteiger partial charge in [-0.1, -0.05) is 6.07 Å². The maximum absolute atomic E-state index is 14.7. The molecule has 0 radical (unpaired) electrons. The second-order valence-corrected chi connectivity index (χ2v) is 4.31. The van der Waals surface area contributed by atoms with Crippen LogP contribution in [-0.2, 0) is 10.4 Å². The minimum absolute atomic E-state index is 0.0874. The molecule has 0 saturated carbocycles. The van der Waals surface area contributed by atoms with E-state index in [4.69, 9.17) is 10.5 Å². The van der Waals surface area contributed by atoms with Gasteiger partial charge in [-0.25, -0.2) is 8.78 Å². The van der Waals surface area contributed by atoms with E-state index in [1.165, 1.54) is 19.2 Å². The standard InChI is InChI=1S/C13H19F2NO/c1-10-6-11(8-12(14)7-10)13(15,9-17-2)4-3-5-16/h6-8H,3-5,9,16H2,1-2H3. The average molecular weight is 243 g/mol. The van der Waals surface area contributed by atoms with E-state index < -0.39 is 11.5 Å². The number of ether oxygens (including phenoxy) is 1. The first kappa shape index (κ1) is 14.1. The third-order valence-electron chi connectivity index (χ3n) is 2.71. The largest absolute Gasteiger partial charge is 0.381 e. The SMILES string of the molecule is COCC(F)(CCCN)c1cc(C)cc(F)c1. The molecule has 0 bridgehead atoms. The smallest absolute Gasteiger partial charge is 0.159 e. The first-order valence-corrected chi connectivity index (χ1v) is 5.67. The number of hydrogen-bond acceptors (Lipinski definition) is 2. The average Bonchev–Trinajstić information content (AvgIpc) is 2.25. The van der Waals surface area contributed by atoms with Gasteiger partial charge in [-0.15, -0.1) is 0 Å². The molecule has 4 heteroatoms. The quantitative estimate of drug-likeness (QED) is 0.833. The third kappa shape index (κ3) is 3.75. The maximum atomic E-state index is 14.7. The van der Waals surface area contributed by atoms with Crippen molar-refractivity contribution in [2.75, 3.05) is 20.3 Å². The molecule has 2 N–H and O–H groups in total. The third-order valence-corrected chi connectivity index (χ3v) is 2.71. The Kier molecular flexibility index (Phi) is 5.02. The monoisotopic (exact) mass is 243 g/mol. The molecule has 0 aliphatic carbocycles. The van der Waals surface area contributed by atoms with Crippen LogP contribution in [0, 0.1) is 12.7 Å². The molecule has 0 spiro atoms. The van der Waals surface area contributed by atoms with Crippen molar-refractivity contribution in [1.29, 1.82) is 0 Å². The van der Waals surface area contributed by atoms with Gasteiger partial charge in [0.05, 0.1) is 6.61 Å². The number of alkyl halides is 1. The summed E-state index contributed by atoms with van der Waals surface area (Å²) in [5.41, 5.74) is 4.75. The van der Waals surface area contributed by atoms with Crippen LogP contribution in [0.1, 0.15) is 24.0 Å². The Morgan fingerprint density at radius 1 is 1.35 bits per heavy atom. The molecule has 1 atom stereocenters. The first-order valence-electron chi connectivity index (χ1n) is 5.67. The van der Waals surface area contributed by atoms with Crippen LogP contribution in [0.5, 0.6) is 0 Å². The summed E-state index contributed by atoms with van der Waals surface area (Å²) < 4.78 is 32.9. The van der Waals surface area contributed by atoms with Crippen LogP contribution < -0.4 is 5.73 Å². The zero-order valence-corrected chi connectivity index (χ0v) is 10.3. The van der Waals surface area contributed by atoms with E-state index in [2.05, 4.69) is 0 Å². The van der Waals surface area contributed by atoms with E-state index in [1.807, 2.05) is 0 Å². The normalized spacial score (nSPS) is 14.6. The van der Waals surface area contributed by atoms with Gasteiger partial charge in [0.25, 0.3) is 0 Å². The highest BCUT2D eigenvalue weighted by Crippen LogP contribution is 2.32. The molecule has 1 aromatic carbocycles. The minimum atomic E-state index is -1.67. The number of nitrogens with two attached hydrogens (primary N) is 1. The van der Waals surface area contributed by atoms with Gasteiger partial charge in [0, 0.05) is 7.11 Å². The van der Waals surface area contributed by atoms with Gasteiger partial charge < -0.3 is 10.5 Å². The summed E-state index contributed by atoms with van der Waals surface area (Å²) in [6, 6.07) is 4.25. The van der Waals surface area contributed by atoms with E-state index in [1.54, 1.807) is 13.0 Å². The van der Waals surface area contributed by atoms with Crippen LogP contribution in [0.2, 0.25) is 0 Å². The second-order valence-electron chi connectivity index (χ2n) is 4.31. The number of benzene rings is 1. The molecule has 2 nitrogen and oxygen atoms in total. The first-order chi connectivity index (χ1) is 8.01. The Balaban J connectivity index is 3.02. The van der Waals surface area contributed by atoms with Crippen molar-refractivity contribution in [3.63, 3.8) is 0 Å². The zero-order valence-electron chi connectivity index (χ0n) is 10.3. The van der Waals surface area contributed by atoms with E-state index in [-0.39, 0.29) is 13.0 Å². The molecule has 1 rings (SSSR count). The molecule has 0 fully saturated rings. The van der Waals surface area contributed by atoms with Gasteiger partial charge in [0.1, 0.15) is 5.82 Å². The second kappa shape index (κ2) is 6.07. The number of hydrogen-bond donors (Lipinski definition) is 1. The van der Waals surface area contributed by atoms with E-state index in [9.17, 15) is 8.78 Å². The van der Waals surface area contributed by atoms with Crippen LogP contribution in [0.25, 0.3) is 0 Å². The highest BCUT2D eigenvalue weighted by Gasteiger charge is 2.32. The molecule has 1 aromatic rings. The van der Waals surface area contributed by atoms with Crippen LogP contribution >= 0.6 is 0 Å². The molecule has 0 heterocycles. The van der Waals surface area contributed by atoms with Crippen molar-refractivity contribution >= 4 is 0 Å². The summed E-state index contributed by atoms with van der Waals surface area (Å²) in [5, 5.41) is 0. The van der Waals surface area contributed by atoms with Crippen molar-refractivity contribution in [2.24, 2.45) is 5.73 Å². The Labute approximate surface area is 101 Å². The van der Waals surface area contributed by atoms with Crippen molar-refractivity contribution in [3.05, 3.63) is 35.1 Å². The van der Waals surface area contributed by atoms with Crippen LogP contribution in [-0.4, -0.2) is 20.3 Å². The number of methoxy groups -OCH3 is 1. The van der Waals surface area contributed by atoms with E-state index in [0.29, 0.717) is 24.1 Å². The van der Waals surface area contributed by atoms with Crippen molar-refractivity contribution in [3.8, 4) is 0 Å². The number of rotatable bonds is 6. The van der Waals surface area contributed by atoms with Crippen molar-refractivity contribution < 1.29 is 13.5 Å². The maximum Gasteiger partial charge on any atom is 0.159 e. The lowest BCUT2D eigenvalue weighted by Gasteiger charge is -2.25. The number of halogens is 2. The zero-order chi connectivity index (χ0) is 12.9. The lowest BCUT2D eigenvalue weighted by Crippen LogP contribution is -2.27. The fraction of sp³-hybridized carbons (Fsp3) is 0.538. The summed E-state index contributed by atoms with van der Waals surface area (Å²) in [4.78, 5) is 0. The molecule has 0 aromatic heterocycles. The van der Waals surface area contributed by atoms with E-state index >= 15 is 0 Å². The Morgan fingerprint density at radius 2 is 2.06 bits per heavy atom. The van der Waals surface area contributed by atoms with E-state index in [0.717, 1.165) is 0 Å². The van der Waals surface area contributed by atoms with Crippen LogP contribution in [0.4, 0.5) is 8.78 Å². The highest BCUT2D eigenvalue weighted by atomic mass is 19.1. The van der Waals surface area contributed by atoms with Crippen LogP contribution in [0.3, 0.4) is 0 Å². The molecule has 96 valence electrons. The lowest BCUT2D eigenvalue weighted by atomic mass is 9.90. The summed E-state index contributed by atoms with van der Waals surface area (Å²) in [6.07, 6.45) is 0.773. The van der Waals surface area contributed by atoms with Crippen LogP contribution in [0.15, 0.2) is 18.2 Å².